The number of hydrogen-bond acceptors (Lipinski definition) is 1. The Morgan fingerprint density at radius 2 is 2.00 bits per heavy atom. The number of rotatable bonds is 4. The van der Waals surface area contributed by atoms with E-state index in [9.17, 15) is 0 Å². The summed E-state index contributed by atoms with van der Waals surface area (Å²) in [7, 11) is 0. The van der Waals surface area contributed by atoms with Crippen molar-refractivity contribution in [3.63, 3.8) is 0 Å². The molecule has 1 atom stereocenters. The van der Waals surface area contributed by atoms with Crippen molar-refractivity contribution < 1.29 is 0 Å². The average molecular weight is 254 g/mol. The molecule has 14 heavy (non-hydrogen) atoms. The Hall–Kier alpha value is -0.340. The van der Waals surface area contributed by atoms with Gasteiger partial charge in [0.05, 0.1) is 0 Å². The highest BCUT2D eigenvalue weighted by Crippen LogP contribution is 2.28. The van der Waals surface area contributed by atoms with Crippen LogP contribution in [0.1, 0.15) is 31.4 Å². The van der Waals surface area contributed by atoms with E-state index in [-0.39, 0.29) is 0 Å². The van der Waals surface area contributed by atoms with E-state index in [0.717, 1.165) is 10.4 Å². The lowest BCUT2D eigenvalue weighted by atomic mass is 10.1. The van der Waals surface area contributed by atoms with E-state index in [1.54, 1.807) is 0 Å². The van der Waals surface area contributed by atoms with Crippen LogP contribution in [0, 0.1) is 5.92 Å². The lowest BCUT2D eigenvalue weighted by Gasteiger charge is -2.13. The molecule has 0 unspecified atom stereocenters. The maximum atomic E-state index is 3.56. The highest BCUT2D eigenvalue weighted by Gasteiger charge is 2.21. The molecular formula is C12H16BrN. The third-order valence-corrected chi connectivity index (χ3v) is 3.31. The summed E-state index contributed by atoms with van der Waals surface area (Å²) in [5.41, 5.74) is 1.37. The SMILES string of the molecule is C[C@H](NCC1CC1)c1ccc(Br)cc1. The molecule has 2 heteroatoms. The molecule has 0 heterocycles. The van der Waals surface area contributed by atoms with Gasteiger partial charge in [0.2, 0.25) is 0 Å². The zero-order chi connectivity index (χ0) is 9.97. The van der Waals surface area contributed by atoms with Crippen LogP contribution in [0.15, 0.2) is 28.7 Å². The van der Waals surface area contributed by atoms with Crippen LogP contribution >= 0.6 is 15.9 Å². The normalized spacial score (nSPS) is 18.1. The Morgan fingerprint density at radius 3 is 2.57 bits per heavy atom. The number of hydrogen-bond donors (Lipinski definition) is 1. The van der Waals surface area contributed by atoms with Crippen LogP contribution in [0.2, 0.25) is 0 Å². The van der Waals surface area contributed by atoms with Gasteiger partial charge in [0.15, 0.2) is 0 Å². The quantitative estimate of drug-likeness (QED) is 0.866. The van der Waals surface area contributed by atoms with Gasteiger partial charge in [-0.25, -0.2) is 0 Å². The highest BCUT2D eigenvalue weighted by molar-refractivity contribution is 9.10. The molecule has 0 bridgehead atoms. The molecule has 1 fully saturated rings. The predicted octanol–water partition coefficient (Wildman–Crippen LogP) is 3.51. The van der Waals surface area contributed by atoms with Crippen molar-refractivity contribution in [3.8, 4) is 0 Å². The first kappa shape index (κ1) is 10.2. The summed E-state index contributed by atoms with van der Waals surface area (Å²) in [5.74, 6) is 0.952. The van der Waals surface area contributed by atoms with Gasteiger partial charge in [-0.2, -0.15) is 0 Å². The predicted molar refractivity (Wildman–Crippen MR) is 63.3 cm³/mol. The van der Waals surface area contributed by atoms with Gasteiger partial charge < -0.3 is 5.32 Å². The topological polar surface area (TPSA) is 12.0 Å². The van der Waals surface area contributed by atoms with Gasteiger partial charge in [-0.05, 0) is 49.9 Å². The van der Waals surface area contributed by atoms with Gasteiger partial charge in [0.1, 0.15) is 0 Å². The minimum atomic E-state index is 0.476. The van der Waals surface area contributed by atoms with Gasteiger partial charge >= 0.3 is 0 Å². The summed E-state index contributed by atoms with van der Waals surface area (Å²) in [6, 6.07) is 9.03. The second kappa shape index (κ2) is 4.45. The maximum absolute atomic E-state index is 3.56. The Morgan fingerprint density at radius 1 is 1.36 bits per heavy atom. The van der Waals surface area contributed by atoms with Crippen molar-refractivity contribution in [1.29, 1.82) is 0 Å². The van der Waals surface area contributed by atoms with Crippen LogP contribution in [0.25, 0.3) is 0 Å². The second-order valence-electron chi connectivity index (χ2n) is 4.12. The second-order valence-corrected chi connectivity index (χ2v) is 5.04. The summed E-state index contributed by atoms with van der Waals surface area (Å²) >= 11 is 3.45. The summed E-state index contributed by atoms with van der Waals surface area (Å²) in [4.78, 5) is 0. The van der Waals surface area contributed by atoms with E-state index >= 15 is 0 Å². The molecule has 1 N–H and O–H groups in total. The zero-order valence-corrected chi connectivity index (χ0v) is 10.0. The fraction of sp³-hybridized carbons (Fsp3) is 0.500. The summed E-state index contributed by atoms with van der Waals surface area (Å²) in [6.07, 6.45) is 2.83. The fourth-order valence-electron chi connectivity index (χ4n) is 1.53. The van der Waals surface area contributed by atoms with Gasteiger partial charge in [0.25, 0.3) is 0 Å². The van der Waals surface area contributed by atoms with Crippen molar-refractivity contribution in [1.82, 2.24) is 5.32 Å². The van der Waals surface area contributed by atoms with Crippen molar-refractivity contribution in [3.05, 3.63) is 34.3 Å². The molecular weight excluding hydrogens is 238 g/mol. The van der Waals surface area contributed by atoms with Crippen molar-refractivity contribution in [2.45, 2.75) is 25.8 Å². The lowest BCUT2D eigenvalue weighted by Crippen LogP contribution is -2.20. The zero-order valence-electron chi connectivity index (χ0n) is 8.46. The Bertz CT molecular complexity index is 290. The average Bonchev–Trinajstić information content (AvgIpc) is 2.99. The van der Waals surface area contributed by atoms with Crippen LogP contribution in [0.5, 0.6) is 0 Å². The molecule has 0 saturated heterocycles. The van der Waals surface area contributed by atoms with Crippen molar-refractivity contribution in [2.24, 2.45) is 5.92 Å². The van der Waals surface area contributed by atoms with Crippen molar-refractivity contribution in [2.75, 3.05) is 6.54 Å². The minimum absolute atomic E-state index is 0.476. The number of halogens is 1. The first-order chi connectivity index (χ1) is 6.75. The van der Waals surface area contributed by atoms with Crippen LogP contribution in [-0.2, 0) is 0 Å². The van der Waals surface area contributed by atoms with E-state index in [0.29, 0.717) is 6.04 Å². The molecule has 1 aliphatic carbocycles. The summed E-state index contributed by atoms with van der Waals surface area (Å²) in [5, 5.41) is 3.56. The molecule has 1 nitrogen and oxygen atoms in total. The molecule has 0 amide bonds. The minimum Gasteiger partial charge on any atom is -0.310 e. The summed E-state index contributed by atoms with van der Waals surface area (Å²) < 4.78 is 1.15. The molecule has 1 saturated carbocycles. The molecule has 0 radical (unpaired) electrons. The van der Waals surface area contributed by atoms with Gasteiger partial charge in [-0.3, -0.25) is 0 Å². The van der Waals surface area contributed by atoms with Gasteiger partial charge in [-0.15, -0.1) is 0 Å². The first-order valence-electron chi connectivity index (χ1n) is 5.24. The molecule has 0 aromatic heterocycles. The largest absolute Gasteiger partial charge is 0.310 e. The third kappa shape index (κ3) is 2.82. The van der Waals surface area contributed by atoms with E-state index in [2.05, 4.69) is 52.4 Å². The van der Waals surface area contributed by atoms with Gasteiger partial charge in [-0.1, -0.05) is 28.1 Å². The molecule has 1 aromatic rings. The summed E-state index contributed by atoms with van der Waals surface area (Å²) in [6.45, 7) is 3.41. The molecule has 0 spiro atoms. The number of benzene rings is 1. The monoisotopic (exact) mass is 253 g/mol. The maximum Gasteiger partial charge on any atom is 0.0291 e. The van der Waals surface area contributed by atoms with Crippen LogP contribution in [-0.4, -0.2) is 6.54 Å². The molecule has 76 valence electrons. The standard InChI is InChI=1S/C12H16BrN/c1-9(14-8-10-2-3-10)11-4-6-12(13)7-5-11/h4-7,9-10,14H,2-3,8H2,1H3/t9-/m0/s1. The van der Waals surface area contributed by atoms with Crippen LogP contribution < -0.4 is 5.32 Å². The highest BCUT2D eigenvalue weighted by atomic mass is 79.9. The molecule has 1 aliphatic rings. The molecule has 0 aliphatic heterocycles. The molecule has 2 rings (SSSR count). The smallest absolute Gasteiger partial charge is 0.0291 e. The first-order valence-corrected chi connectivity index (χ1v) is 6.04. The Balaban J connectivity index is 1.88. The van der Waals surface area contributed by atoms with Crippen LogP contribution in [0.3, 0.4) is 0 Å². The van der Waals surface area contributed by atoms with Crippen LogP contribution in [0.4, 0.5) is 0 Å². The fourth-order valence-corrected chi connectivity index (χ4v) is 1.80. The van der Waals surface area contributed by atoms with Crippen molar-refractivity contribution >= 4 is 15.9 Å². The van der Waals surface area contributed by atoms with E-state index in [4.69, 9.17) is 0 Å². The third-order valence-electron chi connectivity index (χ3n) is 2.78. The Labute approximate surface area is 94.0 Å². The lowest BCUT2D eigenvalue weighted by molar-refractivity contribution is 0.549. The van der Waals surface area contributed by atoms with E-state index in [1.807, 2.05) is 0 Å². The van der Waals surface area contributed by atoms with E-state index in [1.165, 1.54) is 24.9 Å². The number of nitrogens with one attached hydrogen (secondary N) is 1. The van der Waals surface area contributed by atoms with E-state index < -0.39 is 0 Å². The molecule has 1 aromatic carbocycles. The van der Waals surface area contributed by atoms with Gasteiger partial charge in [0, 0.05) is 10.5 Å². The Kier molecular flexibility index (Phi) is 3.24.